The molecule has 0 unspecified atom stereocenters. The summed E-state index contributed by atoms with van der Waals surface area (Å²) in [4.78, 5) is 15.3. The van der Waals surface area contributed by atoms with Crippen molar-refractivity contribution in [2.75, 3.05) is 19.6 Å². The average Bonchev–Trinajstić information content (AvgIpc) is 2.90. The molecule has 1 aliphatic carbocycles. The second-order valence-electron chi connectivity index (χ2n) is 6.72. The monoisotopic (exact) mass is 332 g/mol. The third-order valence-corrected chi connectivity index (χ3v) is 5.24. The summed E-state index contributed by atoms with van der Waals surface area (Å²) in [6.07, 6.45) is 8.42. The predicted molar refractivity (Wildman–Crippen MR) is 96.7 cm³/mol. The Morgan fingerprint density at radius 2 is 1.70 bits per heavy atom. The van der Waals surface area contributed by atoms with Crippen LogP contribution in [-0.2, 0) is 12.8 Å². The van der Waals surface area contributed by atoms with Gasteiger partial charge in [-0.2, -0.15) is 0 Å². The normalized spacial score (nSPS) is 18.4. The molecule has 1 aromatic carbocycles. The fraction of sp³-hybridized carbons (Fsp3) is 0.526. The number of carbonyl (C=O) groups is 1. The molecule has 0 saturated carbocycles. The number of rotatable bonds is 2. The smallest absolute Gasteiger partial charge is 0.245 e. The Hall–Kier alpha value is -1.32. The Morgan fingerprint density at radius 3 is 2.52 bits per heavy atom. The maximum Gasteiger partial charge on any atom is 0.245 e. The molecule has 124 valence electrons. The van der Waals surface area contributed by atoms with Gasteiger partial charge >= 0.3 is 0 Å². The fourth-order valence-electron chi connectivity index (χ4n) is 4.16. The number of fused-ring (bicyclic) bond motifs is 3. The maximum atomic E-state index is 13.0. The van der Waals surface area contributed by atoms with E-state index in [1.807, 2.05) is 4.57 Å². The minimum Gasteiger partial charge on any atom is -0.294 e. The van der Waals surface area contributed by atoms with Crippen LogP contribution < -0.4 is 0 Å². The largest absolute Gasteiger partial charge is 0.294 e. The number of piperidine rings is 1. The first-order chi connectivity index (χ1) is 10.8. The van der Waals surface area contributed by atoms with Gasteiger partial charge < -0.3 is 0 Å². The van der Waals surface area contributed by atoms with E-state index in [2.05, 4.69) is 29.2 Å². The first-order valence-electron chi connectivity index (χ1n) is 8.71. The van der Waals surface area contributed by atoms with Gasteiger partial charge in [-0.15, -0.1) is 12.4 Å². The van der Waals surface area contributed by atoms with Gasteiger partial charge in [-0.25, -0.2) is 0 Å². The molecule has 1 fully saturated rings. The zero-order valence-electron chi connectivity index (χ0n) is 13.6. The van der Waals surface area contributed by atoms with Crippen LogP contribution in [0, 0.1) is 0 Å². The molecule has 2 aliphatic rings. The van der Waals surface area contributed by atoms with Crippen LogP contribution in [0.2, 0.25) is 0 Å². The van der Waals surface area contributed by atoms with Gasteiger partial charge in [-0.3, -0.25) is 14.3 Å². The van der Waals surface area contributed by atoms with E-state index in [0.29, 0.717) is 6.54 Å². The van der Waals surface area contributed by atoms with Crippen molar-refractivity contribution in [3.05, 3.63) is 35.5 Å². The molecule has 23 heavy (non-hydrogen) atoms. The summed E-state index contributed by atoms with van der Waals surface area (Å²) in [7, 11) is 0. The van der Waals surface area contributed by atoms with Crippen LogP contribution in [0.3, 0.4) is 0 Å². The summed E-state index contributed by atoms with van der Waals surface area (Å²) in [5.74, 6) is 0.265. The van der Waals surface area contributed by atoms with Crippen molar-refractivity contribution in [3.63, 3.8) is 0 Å². The Balaban J connectivity index is 0.00000156. The van der Waals surface area contributed by atoms with E-state index >= 15 is 0 Å². The van der Waals surface area contributed by atoms with Gasteiger partial charge in [0.2, 0.25) is 5.91 Å². The second kappa shape index (κ2) is 7.06. The molecule has 4 rings (SSSR count). The van der Waals surface area contributed by atoms with Gasteiger partial charge in [0.1, 0.15) is 0 Å². The lowest BCUT2D eigenvalue weighted by molar-refractivity contribution is 0.0835. The van der Waals surface area contributed by atoms with Crippen LogP contribution in [0.25, 0.3) is 10.9 Å². The number of para-hydroxylation sites is 1. The van der Waals surface area contributed by atoms with Crippen LogP contribution in [0.15, 0.2) is 24.3 Å². The minimum absolute atomic E-state index is 0. The summed E-state index contributed by atoms with van der Waals surface area (Å²) in [6, 6.07) is 8.45. The molecule has 0 amide bonds. The molecule has 0 bridgehead atoms. The van der Waals surface area contributed by atoms with Crippen molar-refractivity contribution in [2.45, 2.75) is 44.9 Å². The van der Waals surface area contributed by atoms with Crippen LogP contribution >= 0.6 is 12.4 Å². The van der Waals surface area contributed by atoms with Crippen LogP contribution in [0.4, 0.5) is 0 Å². The Morgan fingerprint density at radius 1 is 0.957 bits per heavy atom. The van der Waals surface area contributed by atoms with Gasteiger partial charge in [0.05, 0.1) is 12.1 Å². The standard InChI is InChI=1S/C19H24N2O.ClH/c22-19(14-20-12-6-1-7-13-20)21-17-10-4-2-8-15(17)16-9-3-5-11-18(16)21;/h2,4,8,10H,1,3,5-7,9,11-14H2;1H. The van der Waals surface area contributed by atoms with Crippen molar-refractivity contribution in [2.24, 2.45) is 0 Å². The van der Waals surface area contributed by atoms with E-state index in [9.17, 15) is 4.79 Å². The van der Waals surface area contributed by atoms with Crippen molar-refractivity contribution in [1.29, 1.82) is 0 Å². The number of hydrogen-bond donors (Lipinski definition) is 0. The molecular formula is C19H25ClN2O. The lowest BCUT2D eigenvalue weighted by Crippen LogP contribution is -2.36. The minimum atomic E-state index is 0. The quantitative estimate of drug-likeness (QED) is 0.828. The highest BCUT2D eigenvalue weighted by atomic mass is 35.5. The number of benzene rings is 1. The van der Waals surface area contributed by atoms with E-state index < -0.39 is 0 Å². The zero-order chi connectivity index (χ0) is 14.9. The molecule has 0 radical (unpaired) electrons. The van der Waals surface area contributed by atoms with Gasteiger partial charge in [-0.05, 0) is 63.2 Å². The van der Waals surface area contributed by atoms with Crippen LogP contribution in [-0.4, -0.2) is 35.0 Å². The molecule has 0 atom stereocenters. The molecule has 0 spiro atoms. The van der Waals surface area contributed by atoms with E-state index in [4.69, 9.17) is 0 Å². The van der Waals surface area contributed by atoms with E-state index in [0.717, 1.165) is 31.4 Å². The molecule has 1 saturated heterocycles. The van der Waals surface area contributed by atoms with Crippen molar-refractivity contribution < 1.29 is 4.79 Å². The number of likely N-dealkylation sites (tertiary alicyclic amines) is 1. The maximum absolute atomic E-state index is 13.0. The first kappa shape index (κ1) is 16.5. The van der Waals surface area contributed by atoms with Crippen molar-refractivity contribution >= 4 is 29.2 Å². The first-order valence-corrected chi connectivity index (χ1v) is 8.71. The molecule has 3 nitrogen and oxygen atoms in total. The van der Waals surface area contributed by atoms with E-state index in [-0.39, 0.29) is 18.3 Å². The molecule has 1 aromatic heterocycles. The van der Waals surface area contributed by atoms with Gasteiger partial charge in [-0.1, -0.05) is 24.6 Å². The Kier molecular flexibility index (Phi) is 5.08. The van der Waals surface area contributed by atoms with Crippen LogP contribution in [0.5, 0.6) is 0 Å². The molecule has 4 heteroatoms. The topological polar surface area (TPSA) is 25.2 Å². The molecule has 2 aromatic rings. The summed E-state index contributed by atoms with van der Waals surface area (Å²) >= 11 is 0. The number of aryl methyl sites for hydroxylation is 1. The van der Waals surface area contributed by atoms with Crippen molar-refractivity contribution in [1.82, 2.24) is 9.47 Å². The third kappa shape index (κ3) is 3.05. The number of halogens is 1. The summed E-state index contributed by atoms with van der Waals surface area (Å²) in [6.45, 7) is 2.73. The SMILES string of the molecule is Cl.O=C(CN1CCCCC1)n1c2c(c3ccccc31)CCCC2. The average molecular weight is 333 g/mol. The van der Waals surface area contributed by atoms with Crippen LogP contribution in [0.1, 0.15) is 48.2 Å². The lowest BCUT2D eigenvalue weighted by atomic mass is 9.95. The molecule has 1 aliphatic heterocycles. The van der Waals surface area contributed by atoms with E-state index in [1.54, 1.807) is 0 Å². The summed E-state index contributed by atoms with van der Waals surface area (Å²) < 4.78 is 2.04. The van der Waals surface area contributed by atoms with Gasteiger partial charge in [0, 0.05) is 11.1 Å². The highest BCUT2D eigenvalue weighted by molar-refractivity contribution is 5.97. The Labute approximate surface area is 144 Å². The molecule has 0 N–H and O–H groups in total. The highest BCUT2D eigenvalue weighted by Gasteiger charge is 2.24. The Bertz CT molecular complexity index is 701. The van der Waals surface area contributed by atoms with Gasteiger partial charge in [0.25, 0.3) is 0 Å². The highest BCUT2D eigenvalue weighted by Crippen LogP contribution is 2.32. The number of hydrogen-bond acceptors (Lipinski definition) is 2. The molecular weight excluding hydrogens is 308 g/mol. The zero-order valence-corrected chi connectivity index (χ0v) is 14.4. The van der Waals surface area contributed by atoms with E-state index in [1.165, 1.54) is 48.7 Å². The third-order valence-electron chi connectivity index (χ3n) is 5.24. The number of carbonyl (C=O) groups excluding carboxylic acids is 1. The summed E-state index contributed by atoms with van der Waals surface area (Å²) in [5.41, 5.74) is 3.83. The predicted octanol–water partition coefficient (Wildman–Crippen LogP) is 4.07. The summed E-state index contributed by atoms with van der Waals surface area (Å²) in [5, 5.41) is 1.30. The van der Waals surface area contributed by atoms with Gasteiger partial charge in [0.15, 0.2) is 0 Å². The molecule has 2 heterocycles. The second-order valence-corrected chi connectivity index (χ2v) is 6.72. The number of aromatic nitrogens is 1. The van der Waals surface area contributed by atoms with Crippen molar-refractivity contribution in [3.8, 4) is 0 Å². The number of nitrogens with zero attached hydrogens (tertiary/aromatic N) is 2. The fourth-order valence-corrected chi connectivity index (χ4v) is 4.16. The lowest BCUT2D eigenvalue weighted by Gasteiger charge is -2.26.